The summed E-state index contributed by atoms with van der Waals surface area (Å²) >= 11 is 0. The summed E-state index contributed by atoms with van der Waals surface area (Å²) in [5, 5.41) is 3.10. The van der Waals surface area contributed by atoms with Crippen molar-refractivity contribution >= 4 is 0 Å². The fraction of sp³-hybridized carbons (Fsp3) is 0.375. The topological polar surface area (TPSA) is 47.0 Å². The molecule has 0 aliphatic heterocycles. The van der Waals surface area contributed by atoms with Gasteiger partial charge in [-0.05, 0) is 31.5 Å². The van der Waals surface area contributed by atoms with Crippen LogP contribution in [0.3, 0.4) is 0 Å². The van der Waals surface area contributed by atoms with Gasteiger partial charge >= 0.3 is 6.01 Å². The molecule has 0 aliphatic rings. The molecule has 0 saturated heterocycles. The van der Waals surface area contributed by atoms with Crippen LogP contribution in [0.5, 0.6) is 11.8 Å². The van der Waals surface area contributed by atoms with Gasteiger partial charge in [0.2, 0.25) is 0 Å². The maximum absolute atomic E-state index is 5.84. The fourth-order valence-corrected chi connectivity index (χ4v) is 2.03. The van der Waals surface area contributed by atoms with Gasteiger partial charge in [0, 0.05) is 24.0 Å². The van der Waals surface area contributed by atoms with Crippen molar-refractivity contribution in [1.29, 1.82) is 0 Å². The maximum atomic E-state index is 5.84. The summed E-state index contributed by atoms with van der Waals surface area (Å²) in [6.07, 6.45) is 1.81. The minimum Gasteiger partial charge on any atom is -0.424 e. The SMILES string of the molecule is CNCc1cnc(Oc2ccccc2C(C)C)nc1C. The molecule has 4 nitrogen and oxygen atoms in total. The average Bonchev–Trinajstić information content (AvgIpc) is 2.42. The molecule has 2 rings (SSSR count). The Balaban J connectivity index is 2.24. The Labute approximate surface area is 120 Å². The molecule has 1 N–H and O–H groups in total. The van der Waals surface area contributed by atoms with Crippen molar-refractivity contribution in [2.75, 3.05) is 7.05 Å². The van der Waals surface area contributed by atoms with Crippen LogP contribution in [0.15, 0.2) is 30.5 Å². The molecule has 0 fully saturated rings. The van der Waals surface area contributed by atoms with E-state index in [-0.39, 0.29) is 0 Å². The molecule has 1 aromatic carbocycles. The largest absolute Gasteiger partial charge is 0.424 e. The van der Waals surface area contributed by atoms with Gasteiger partial charge in [0.1, 0.15) is 5.75 Å². The molecule has 1 aromatic heterocycles. The number of nitrogens with zero attached hydrogens (tertiary/aromatic N) is 2. The lowest BCUT2D eigenvalue weighted by atomic mass is 10.0. The number of para-hydroxylation sites is 1. The van der Waals surface area contributed by atoms with Gasteiger partial charge in [0.15, 0.2) is 0 Å². The highest BCUT2D eigenvalue weighted by Gasteiger charge is 2.10. The second-order valence-corrected chi connectivity index (χ2v) is 5.09. The summed E-state index contributed by atoms with van der Waals surface area (Å²) in [6, 6.07) is 8.40. The zero-order chi connectivity index (χ0) is 14.5. The van der Waals surface area contributed by atoms with E-state index < -0.39 is 0 Å². The molecule has 0 amide bonds. The Hall–Kier alpha value is -1.94. The number of aromatic nitrogens is 2. The highest BCUT2D eigenvalue weighted by molar-refractivity contribution is 5.37. The number of ether oxygens (including phenoxy) is 1. The van der Waals surface area contributed by atoms with E-state index in [9.17, 15) is 0 Å². The quantitative estimate of drug-likeness (QED) is 0.905. The monoisotopic (exact) mass is 271 g/mol. The van der Waals surface area contributed by atoms with Crippen LogP contribution in [-0.4, -0.2) is 17.0 Å². The third kappa shape index (κ3) is 3.33. The van der Waals surface area contributed by atoms with E-state index in [4.69, 9.17) is 4.74 Å². The Morgan fingerprint density at radius 1 is 1.25 bits per heavy atom. The molecule has 0 radical (unpaired) electrons. The summed E-state index contributed by atoms with van der Waals surface area (Å²) in [5.74, 6) is 1.22. The summed E-state index contributed by atoms with van der Waals surface area (Å²) in [5.41, 5.74) is 3.18. The standard InChI is InChI=1S/C16H21N3O/c1-11(2)14-7-5-6-8-15(14)20-16-18-10-13(9-17-4)12(3)19-16/h5-8,10-11,17H,9H2,1-4H3. The molecule has 0 unspecified atom stereocenters. The molecule has 0 bridgehead atoms. The van der Waals surface area contributed by atoms with Gasteiger partial charge in [-0.1, -0.05) is 32.0 Å². The number of benzene rings is 1. The lowest BCUT2D eigenvalue weighted by molar-refractivity contribution is 0.432. The highest BCUT2D eigenvalue weighted by atomic mass is 16.5. The molecular formula is C16H21N3O. The lowest BCUT2D eigenvalue weighted by Gasteiger charge is -2.13. The van der Waals surface area contributed by atoms with Crippen molar-refractivity contribution in [2.45, 2.75) is 33.2 Å². The van der Waals surface area contributed by atoms with Gasteiger partial charge in [0.05, 0.1) is 0 Å². The number of rotatable bonds is 5. The van der Waals surface area contributed by atoms with Crippen LogP contribution in [0.1, 0.15) is 36.6 Å². The third-order valence-corrected chi connectivity index (χ3v) is 3.17. The number of aryl methyl sites for hydroxylation is 1. The van der Waals surface area contributed by atoms with Gasteiger partial charge in [-0.25, -0.2) is 4.98 Å². The average molecular weight is 271 g/mol. The summed E-state index contributed by atoms with van der Waals surface area (Å²) < 4.78 is 5.84. The molecule has 4 heteroatoms. The predicted molar refractivity (Wildman–Crippen MR) is 80.1 cm³/mol. The van der Waals surface area contributed by atoms with Crippen LogP contribution in [0, 0.1) is 6.92 Å². The second-order valence-electron chi connectivity index (χ2n) is 5.09. The first kappa shape index (κ1) is 14.5. The normalized spacial score (nSPS) is 10.8. The van der Waals surface area contributed by atoms with E-state index in [2.05, 4.69) is 35.2 Å². The molecule has 1 heterocycles. The number of hydrogen-bond acceptors (Lipinski definition) is 4. The Morgan fingerprint density at radius 3 is 2.65 bits per heavy atom. The van der Waals surface area contributed by atoms with Gasteiger partial charge in [-0.3, -0.25) is 0 Å². The van der Waals surface area contributed by atoms with Gasteiger partial charge < -0.3 is 10.1 Å². The van der Waals surface area contributed by atoms with E-state index in [1.165, 1.54) is 0 Å². The van der Waals surface area contributed by atoms with Crippen LogP contribution in [0.2, 0.25) is 0 Å². The number of hydrogen-bond donors (Lipinski definition) is 1. The first-order chi connectivity index (χ1) is 9.61. The number of nitrogens with one attached hydrogen (secondary N) is 1. The maximum Gasteiger partial charge on any atom is 0.322 e. The van der Waals surface area contributed by atoms with E-state index in [1.54, 1.807) is 0 Å². The highest BCUT2D eigenvalue weighted by Crippen LogP contribution is 2.28. The first-order valence-electron chi connectivity index (χ1n) is 6.85. The van der Waals surface area contributed by atoms with E-state index >= 15 is 0 Å². The van der Waals surface area contributed by atoms with Crippen molar-refractivity contribution in [3.05, 3.63) is 47.3 Å². The Morgan fingerprint density at radius 2 is 2.00 bits per heavy atom. The second kappa shape index (κ2) is 6.48. The summed E-state index contributed by atoms with van der Waals surface area (Å²) in [4.78, 5) is 8.69. The van der Waals surface area contributed by atoms with Gasteiger partial charge in [-0.15, -0.1) is 0 Å². The van der Waals surface area contributed by atoms with Crippen LogP contribution in [-0.2, 0) is 6.54 Å². The van der Waals surface area contributed by atoms with Crippen LogP contribution in [0.4, 0.5) is 0 Å². The van der Waals surface area contributed by atoms with Crippen molar-refractivity contribution in [3.8, 4) is 11.8 Å². The lowest BCUT2D eigenvalue weighted by Crippen LogP contribution is -2.08. The van der Waals surface area contributed by atoms with E-state index in [0.29, 0.717) is 11.9 Å². The summed E-state index contributed by atoms with van der Waals surface area (Å²) in [7, 11) is 1.91. The zero-order valence-corrected chi connectivity index (χ0v) is 12.5. The molecule has 0 saturated carbocycles. The zero-order valence-electron chi connectivity index (χ0n) is 12.5. The van der Waals surface area contributed by atoms with Crippen molar-refractivity contribution < 1.29 is 4.74 Å². The Bertz CT molecular complexity index is 582. The molecule has 106 valence electrons. The van der Waals surface area contributed by atoms with Crippen LogP contribution in [0.25, 0.3) is 0 Å². The van der Waals surface area contributed by atoms with Crippen molar-refractivity contribution in [1.82, 2.24) is 15.3 Å². The predicted octanol–water partition coefficient (Wildman–Crippen LogP) is 3.42. The summed E-state index contributed by atoms with van der Waals surface area (Å²) in [6.45, 7) is 7.01. The first-order valence-corrected chi connectivity index (χ1v) is 6.85. The van der Waals surface area contributed by atoms with E-state index in [1.807, 2.05) is 38.4 Å². The van der Waals surface area contributed by atoms with Crippen molar-refractivity contribution in [3.63, 3.8) is 0 Å². The smallest absolute Gasteiger partial charge is 0.322 e. The molecule has 2 aromatic rings. The molecule has 0 atom stereocenters. The van der Waals surface area contributed by atoms with Crippen LogP contribution < -0.4 is 10.1 Å². The molecule has 20 heavy (non-hydrogen) atoms. The molecule has 0 aliphatic carbocycles. The Kier molecular flexibility index (Phi) is 4.69. The minimum absolute atomic E-state index is 0.399. The minimum atomic E-state index is 0.399. The molecular weight excluding hydrogens is 250 g/mol. The van der Waals surface area contributed by atoms with Gasteiger partial charge in [-0.2, -0.15) is 4.98 Å². The van der Waals surface area contributed by atoms with Crippen molar-refractivity contribution in [2.24, 2.45) is 0 Å². The van der Waals surface area contributed by atoms with Gasteiger partial charge in [0.25, 0.3) is 0 Å². The fourth-order valence-electron chi connectivity index (χ4n) is 2.03. The van der Waals surface area contributed by atoms with Crippen LogP contribution >= 0.6 is 0 Å². The molecule has 0 spiro atoms. The third-order valence-electron chi connectivity index (χ3n) is 3.17. The van der Waals surface area contributed by atoms with E-state index in [0.717, 1.165) is 29.1 Å².